The maximum Gasteiger partial charge on any atom is 0.206 e. The molecule has 7 heteroatoms. The normalized spacial score (nSPS) is 13.6. The molecule has 3 nitrogen and oxygen atoms in total. The summed E-state index contributed by atoms with van der Waals surface area (Å²) < 4.78 is 39.0. The highest BCUT2D eigenvalue weighted by molar-refractivity contribution is 6.48. The average molecular weight is 359 g/mol. The molecule has 0 aliphatic rings. The lowest BCUT2D eigenvalue weighted by molar-refractivity contribution is 0.0603. The molecule has 2 aromatic rings. The summed E-state index contributed by atoms with van der Waals surface area (Å²) >= 11 is 5.87. The molecule has 0 bridgehead atoms. The molecule has 125 valence electrons. The fourth-order valence-electron chi connectivity index (χ4n) is 2.19. The van der Waals surface area contributed by atoms with Gasteiger partial charge in [0, 0.05) is 6.07 Å². The Morgan fingerprint density at radius 1 is 1.22 bits per heavy atom. The molecule has 2 rings (SSSR count). The van der Waals surface area contributed by atoms with Crippen LogP contribution in [0.3, 0.4) is 0 Å². The summed E-state index contributed by atoms with van der Waals surface area (Å²) in [5.74, 6) is -0.887. The summed E-state index contributed by atoms with van der Waals surface area (Å²) in [6, 6.07) is 3.55. The fraction of sp³-hybridized carbons (Fsp3) is 0.438. The first-order chi connectivity index (χ1) is 10.6. The smallest absolute Gasteiger partial charge is 0.206 e. The molecule has 23 heavy (non-hydrogen) atoms. The van der Waals surface area contributed by atoms with Gasteiger partial charge in [-0.25, -0.2) is 8.78 Å². The van der Waals surface area contributed by atoms with Crippen LogP contribution in [0.15, 0.2) is 22.7 Å². The number of aromatic nitrogens is 1. The van der Waals surface area contributed by atoms with Gasteiger partial charge in [-0.15, -0.1) is 0 Å². The molecule has 0 spiro atoms. The van der Waals surface area contributed by atoms with Crippen LogP contribution in [0, 0.1) is 17.0 Å². The highest BCUT2D eigenvalue weighted by Gasteiger charge is 2.32. The van der Waals surface area contributed by atoms with Crippen LogP contribution >= 0.6 is 11.6 Å². The van der Waals surface area contributed by atoms with E-state index < -0.39 is 20.7 Å². The van der Waals surface area contributed by atoms with E-state index in [1.807, 2.05) is 33.9 Å². The lowest BCUT2D eigenvalue weighted by Crippen LogP contribution is -2.25. The van der Waals surface area contributed by atoms with Gasteiger partial charge in [-0.1, -0.05) is 37.5 Å². The van der Waals surface area contributed by atoms with Crippen molar-refractivity contribution >= 4 is 20.6 Å². The molecule has 1 unspecified atom stereocenters. The van der Waals surface area contributed by atoms with Gasteiger partial charge < -0.3 is 8.95 Å². The van der Waals surface area contributed by atoms with E-state index in [1.54, 1.807) is 6.07 Å². The lowest BCUT2D eigenvalue weighted by Gasteiger charge is -2.30. The standard InChI is InChI=1S/C16H19ClF2NO2Si/c1-16(2,3)15(22-23(4)5)12-8-11(20-21-12)13-9(18)6-7-10(19)14(13)17/h6-8,15H,1-5H3. The van der Waals surface area contributed by atoms with Crippen molar-refractivity contribution in [1.29, 1.82) is 0 Å². The van der Waals surface area contributed by atoms with Crippen LogP contribution < -0.4 is 0 Å². The van der Waals surface area contributed by atoms with E-state index in [-0.39, 0.29) is 27.8 Å². The monoisotopic (exact) mass is 358 g/mol. The Balaban J connectivity index is 2.46. The van der Waals surface area contributed by atoms with Crippen molar-refractivity contribution in [3.63, 3.8) is 0 Å². The van der Waals surface area contributed by atoms with Crippen molar-refractivity contribution in [1.82, 2.24) is 5.16 Å². The Kier molecular flexibility index (Phi) is 5.28. The zero-order chi connectivity index (χ0) is 17.4. The summed E-state index contributed by atoms with van der Waals surface area (Å²) in [6.45, 7) is 10.1. The van der Waals surface area contributed by atoms with Crippen LogP contribution in [0.25, 0.3) is 11.3 Å². The average Bonchev–Trinajstić information content (AvgIpc) is 2.88. The third-order valence-corrected chi connectivity index (χ3v) is 4.30. The minimum Gasteiger partial charge on any atom is -0.406 e. The van der Waals surface area contributed by atoms with Gasteiger partial charge in [-0.3, -0.25) is 0 Å². The first-order valence-electron chi connectivity index (χ1n) is 7.18. The first kappa shape index (κ1) is 18.1. The van der Waals surface area contributed by atoms with Gasteiger partial charge in [0.1, 0.15) is 23.4 Å². The molecule has 1 atom stereocenters. The van der Waals surface area contributed by atoms with Crippen LogP contribution in [0.1, 0.15) is 32.6 Å². The number of hydrogen-bond donors (Lipinski definition) is 0. The van der Waals surface area contributed by atoms with Gasteiger partial charge in [-0.2, -0.15) is 0 Å². The van der Waals surface area contributed by atoms with Gasteiger partial charge in [0.05, 0.1) is 10.6 Å². The van der Waals surface area contributed by atoms with Crippen LogP contribution in [0.4, 0.5) is 8.78 Å². The summed E-state index contributed by atoms with van der Waals surface area (Å²) in [4.78, 5) is 0. The second kappa shape index (κ2) is 6.71. The van der Waals surface area contributed by atoms with E-state index in [4.69, 9.17) is 20.6 Å². The zero-order valence-electron chi connectivity index (χ0n) is 13.7. The van der Waals surface area contributed by atoms with Crippen molar-refractivity contribution in [3.05, 3.63) is 40.6 Å². The van der Waals surface area contributed by atoms with Crippen molar-refractivity contribution in [2.24, 2.45) is 5.41 Å². The predicted molar refractivity (Wildman–Crippen MR) is 87.6 cm³/mol. The Morgan fingerprint density at radius 3 is 2.39 bits per heavy atom. The van der Waals surface area contributed by atoms with E-state index in [0.717, 1.165) is 12.1 Å². The Labute approximate surface area is 141 Å². The Hall–Kier alpha value is -1.24. The summed E-state index contributed by atoms with van der Waals surface area (Å²) in [6.07, 6.45) is -0.331. The highest BCUT2D eigenvalue weighted by atomic mass is 35.5. The summed E-state index contributed by atoms with van der Waals surface area (Å²) in [5, 5.41) is 3.54. The van der Waals surface area contributed by atoms with Gasteiger partial charge in [0.15, 0.2) is 5.76 Å². The zero-order valence-corrected chi connectivity index (χ0v) is 15.5. The molecule has 0 saturated heterocycles. The topological polar surface area (TPSA) is 35.3 Å². The van der Waals surface area contributed by atoms with Crippen LogP contribution in [-0.2, 0) is 4.43 Å². The number of halogens is 3. The quantitative estimate of drug-likeness (QED) is 0.525. The largest absolute Gasteiger partial charge is 0.406 e. The molecule has 0 aliphatic heterocycles. The molecule has 1 aromatic heterocycles. The number of hydrogen-bond acceptors (Lipinski definition) is 3. The second-order valence-corrected chi connectivity index (χ2v) is 9.04. The van der Waals surface area contributed by atoms with E-state index in [0.29, 0.717) is 5.76 Å². The summed E-state index contributed by atoms with van der Waals surface area (Å²) in [5.41, 5.74) is -0.183. The van der Waals surface area contributed by atoms with Crippen molar-refractivity contribution in [2.45, 2.75) is 40.0 Å². The molecule has 0 N–H and O–H groups in total. The molecule has 1 aromatic carbocycles. The highest BCUT2D eigenvalue weighted by Crippen LogP contribution is 2.39. The van der Waals surface area contributed by atoms with E-state index >= 15 is 0 Å². The van der Waals surface area contributed by atoms with Gasteiger partial charge in [0.25, 0.3) is 0 Å². The summed E-state index contributed by atoms with van der Waals surface area (Å²) in [7, 11) is -0.988. The van der Waals surface area contributed by atoms with Gasteiger partial charge >= 0.3 is 0 Å². The molecule has 0 aliphatic carbocycles. The predicted octanol–water partition coefficient (Wildman–Crippen LogP) is 5.63. The fourth-order valence-corrected chi connectivity index (χ4v) is 3.38. The maximum atomic E-state index is 14.0. The molecule has 0 saturated carbocycles. The maximum absolute atomic E-state index is 14.0. The first-order valence-corrected chi connectivity index (χ1v) is 9.97. The number of nitrogens with zero attached hydrogens (tertiary/aromatic N) is 1. The van der Waals surface area contributed by atoms with Gasteiger partial charge in [0.2, 0.25) is 9.04 Å². The van der Waals surface area contributed by atoms with Crippen LogP contribution in [-0.4, -0.2) is 14.2 Å². The molecular weight excluding hydrogens is 340 g/mol. The van der Waals surface area contributed by atoms with Crippen molar-refractivity contribution in [2.75, 3.05) is 0 Å². The Bertz CT molecular complexity index is 698. The van der Waals surface area contributed by atoms with Crippen LogP contribution in [0.5, 0.6) is 0 Å². The molecule has 0 amide bonds. The Morgan fingerprint density at radius 2 is 1.83 bits per heavy atom. The van der Waals surface area contributed by atoms with Crippen LogP contribution in [0.2, 0.25) is 18.1 Å². The SMILES string of the molecule is C[Si](C)OC(c1cc(-c2c(F)ccc(F)c2Cl)no1)C(C)(C)C. The molecule has 1 heterocycles. The van der Waals surface area contributed by atoms with E-state index in [9.17, 15) is 8.78 Å². The lowest BCUT2D eigenvalue weighted by atomic mass is 9.87. The van der Waals surface area contributed by atoms with Crippen molar-refractivity contribution in [3.8, 4) is 11.3 Å². The third-order valence-electron chi connectivity index (χ3n) is 3.23. The molecular formula is C16H19ClF2NO2Si. The third kappa shape index (κ3) is 3.99. The van der Waals surface area contributed by atoms with Gasteiger partial charge in [-0.05, 0) is 30.6 Å². The number of rotatable bonds is 4. The number of benzene rings is 1. The van der Waals surface area contributed by atoms with E-state index in [1.165, 1.54) is 0 Å². The minimum absolute atomic E-state index is 0.104. The van der Waals surface area contributed by atoms with E-state index in [2.05, 4.69) is 5.16 Å². The molecule has 1 radical (unpaired) electrons. The second-order valence-electron chi connectivity index (χ2n) is 6.60. The molecule has 0 fully saturated rings. The minimum atomic E-state index is -0.988. The van der Waals surface area contributed by atoms with Crippen molar-refractivity contribution < 1.29 is 17.7 Å².